The van der Waals surface area contributed by atoms with E-state index in [1.165, 1.54) is 6.42 Å². The molecule has 0 heterocycles. The molecule has 2 unspecified atom stereocenters. The molecule has 1 aliphatic carbocycles. The van der Waals surface area contributed by atoms with Crippen molar-refractivity contribution in [3.8, 4) is 0 Å². The highest BCUT2D eigenvalue weighted by molar-refractivity contribution is 5.76. The molecule has 1 rings (SSSR count). The van der Waals surface area contributed by atoms with Crippen LogP contribution in [0.3, 0.4) is 0 Å². The molecule has 5 nitrogen and oxygen atoms in total. The van der Waals surface area contributed by atoms with Gasteiger partial charge in [0.15, 0.2) is 0 Å². The van der Waals surface area contributed by atoms with Gasteiger partial charge in [-0.3, -0.25) is 4.79 Å². The molecule has 0 aromatic rings. The molecular formula is C15H28N2O3. The topological polar surface area (TPSA) is 78.4 Å². The average molecular weight is 284 g/mol. The molecule has 0 radical (unpaired) electrons. The molecule has 0 aromatic carbocycles. The van der Waals surface area contributed by atoms with Gasteiger partial charge >= 0.3 is 12.0 Å². The number of carboxylic acids is 1. The van der Waals surface area contributed by atoms with Gasteiger partial charge in [0.1, 0.15) is 0 Å². The minimum Gasteiger partial charge on any atom is -0.481 e. The van der Waals surface area contributed by atoms with E-state index in [1.807, 2.05) is 0 Å². The summed E-state index contributed by atoms with van der Waals surface area (Å²) >= 11 is 0. The van der Waals surface area contributed by atoms with Crippen LogP contribution in [0.15, 0.2) is 0 Å². The largest absolute Gasteiger partial charge is 0.481 e. The number of carbonyl (C=O) groups excluding carboxylic acids is 1. The lowest BCUT2D eigenvalue weighted by molar-refractivity contribution is -0.138. The van der Waals surface area contributed by atoms with E-state index in [2.05, 4.69) is 24.5 Å². The zero-order valence-electron chi connectivity index (χ0n) is 13.0. The van der Waals surface area contributed by atoms with Crippen molar-refractivity contribution in [1.82, 2.24) is 10.6 Å². The lowest BCUT2D eigenvalue weighted by Gasteiger charge is -2.36. The Balaban J connectivity index is 2.54. The maximum absolute atomic E-state index is 12.1. The van der Waals surface area contributed by atoms with Crippen LogP contribution in [0.4, 0.5) is 4.79 Å². The quantitative estimate of drug-likeness (QED) is 0.726. The average Bonchev–Trinajstić information content (AvgIpc) is 2.26. The molecule has 2 amide bonds. The number of hydrogen-bond acceptors (Lipinski definition) is 2. The summed E-state index contributed by atoms with van der Waals surface area (Å²) < 4.78 is 0. The Hall–Kier alpha value is -1.26. The minimum absolute atomic E-state index is 0.0846. The van der Waals surface area contributed by atoms with Crippen LogP contribution in [-0.4, -0.2) is 28.7 Å². The van der Waals surface area contributed by atoms with Crippen LogP contribution in [0.1, 0.15) is 59.8 Å². The number of aliphatic carboxylic acids is 1. The van der Waals surface area contributed by atoms with Crippen LogP contribution in [0.5, 0.6) is 0 Å². The van der Waals surface area contributed by atoms with Gasteiger partial charge in [0.2, 0.25) is 0 Å². The zero-order chi connectivity index (χ0) is 15.3. The van der Waals surface area contributed by atoms with Gasteiger partial charge in [0.25, 0.3) is 0 Å². The SMILES string of the molecule is CC(C)C1CCCCC1NC(=O)NC(C)(C)CC(=O)O. The Bertz CT molecular complexity index is 353. The van der Waals surface area contributed by atoms with Crippen LogP contribution >= 0.6 is 0 Å². The van der Waals surface area contributed by atoms with Crippen molar-refractivity contribution in [2.24, 2.45) is 11.8 Å². The number of rotatable bonds is 5. The number of hydrogen-bond donors (Lipinski definition) is 3. The first kappa shape index (κ1) is 16.8. The van der Waals surface area contributed by atoms with E-state index in [1.54, 1.807) is 13.8 Å². The maximum atomic E-state index is 12.1. The summed E-state index contributed by atoms with van der Waals surface area (Å²) in [6, 6.07) is -0.0572. The second-order valence-corrected chi connectivity index (χ2v) is 6.85. The van der Waals surface area contributed by atoms with Gasteiger partial charge in [0, 0.05) is 11.6 Å². The number of carboxylic acid groups (broad SMARTS) is 1. The Labute approximate surface area is 121 Å². The molecule has 116 valence electrons. The van der Waals surface area contributed by atoms with Crippen molar-refractivity contribution in [1.29, 1.82) is 0 Å². The van der Waals surface area contributed by atoms with E-state index in [-0.39, 0.29) is 18.5 Å². The van der Waals surface area contributed by atoms with Gasteiger partial charge in [-0.15, -0.1) is 0 Å². The van der Waals surface area contributed by atoms with Crippen molar-refractivity contribution >= 4 is 12.0 Å². The number of carbonyl (C=O) groups is 2. The van der Waals surface area contributed by atoms with Gasteiger partial charge in [-0.2, -0.15) is 0 Å². The van der Waals surface area contributed by atoms with Gasteiger partial charge in [-0.05, 0) is 38.5 Å². The lowest BCUT2D eigenvalue weighted by atomic mass is 9.78. The highest BCUT2D eigenvalue weighted by Crippen LogP contribution is 2.30. The molecular weight excluding hydrogens is 256 g/mol. The van der Waals surface area contributed by atoms with Crippen molar-refractivity contribution in [2.75, 3.05) is 0 Å². The van der Waals surface area contributed by atoms with Gasteiger partial charge in [-0.25, -0.2) is 4.79 Å². The second-order valence-electron chi connectivity index (χ2n) is 6.85. The number of urea groups is 1. The summed E-state index contributed by atoms with van der Waals surface area (Å²) in [7, 11) is 0. The summed E-state index contributed by atoms with van der Waals surface area (Å²) in [5, 5.41) is 14.6. The Morgan fingerprint density at radius 2 is 1.85 bits per heavy atom. The van der Waals surface area contributed by atoms with E-state index < -0.39 is 11.5 Å². The third-order valence-corrected chi connectivity index (χ3v) is 4.04. The van der Waals surface area contributed by atoms with Crippen molar-refractivity contribution in [2.45, 2.75) is 71.4 Å². The molecule has 0 bridgehead atoms. The Kier molecular flexibility index (Phi) is 5.84. The minimum atomic E-state index is -0.909. The van der Waals surface area contributed by atoms with E-state index >= 15 is 0 Å². The standard InChI is InChI=1S/C15H28N2O3/c1-10(2)11-7-5-6-8-12(11)16-14(20)17-15(3,4)9-13(18)19/h10-12H,5-9H2,1-4H3,(H,18,19)(H2,16,17,20). The van der Waals surface area contributed by atoms with Crippen LogP contribution < -0.4 is 10.6 Å². The number of nitrogens with one attached hydrogen (secondary N) is 2. The normalized spacial score (nSPS) is 23.4. The highest BCUT2D eigenvalue weighted by Gasteiger charge is 2.30. The smallest absolute Gasteiger partial charge is 0.315 e. The summed E-state index contributed by atoms with van der Waals surface area (Å²) in [4.78, 5) is 22.8. The molecule has 1 fully saturated rings. The van der Waals surface area contributed by atoms with Gasteiger partial charge in [-0.1, -0.05) is 26.7 Å². The third-order valence-electron chi connectivity index (χ3n) is 4.04. The fourth-order valence-corrected chi connectivity index (χ4v) is 3.07. The molecule has 0 aliphatic heterocycles. The molecule has 0 spiro atoms. The highest BCUT2D eigenvalue weighted by atomic mass is 16.4. The molecule has 0 saturated heterocycles. The van der Waals surface area contributed by atoms with Crippen LogP contribution in [0, 0.1) is 11.8 Å². The fourth-order valence-electron chi connectivity index (χ4n) is 3.07. The predicted octanol–water partition coefficient (Wildman–Crippen LogP) is 2.75. The fraction of sp³-hybridized carbons (Fsp3) is 0.867. The summed E-state index contributed by atoms with van der Waals surface area (Å²) in [5.41, 5.74) is -0.738. The molecule has 20 heavy (non-hydrogen) atoms. The molecule has 5 heteroatoms. The third kappa shape index (κ3) is 5.39. The van der Waals surface area contributed by atoms with Crippen molar-refractivity contribution < 1.29 is 14.7 Å². The second kappa shape index (κ2) is 6.95. The van der Waals surface area contributed by atoms with Crippen LogP contribution in [0.2, 0.25) is 0 Å². The Morgan fingerprint density at radius 1 is 1.25 bits per heavy atom. The van der Waals surface area contributed by atoms with E-state index in [0.29, 0.717) is 11.8 Å². The molecule has 1 saturated carbocycles. The molecule has 2 atom stereocenters. The zero-order valence-corrected chi connectivity index (χ0v) is 13.0. The van der Waals surface area contributed by atoms with Crippen LogP contribution in [-0.2, 0) is 4.79 Å². The monoisotopic (exact) mass is 284 g/mol. The maximum Gasteiger partial charge on any atom is 0.315 e. The molecule has 0 aromatic heterocycles. The summed E-state index contributed by atoms with van der Waals surface area (Å²) in [5.74, 6) is 0.151. The van der Waals surface area contributed by atoms with E-state index in [4.69, 9.17) is 5.11 Å². The van der Waals surface area contributed by atoms with Gasteiger partial charge < -0.3 is 15.7 Å². The summed E-state index contributed by atoms with van der Waals surface area (Å²) in [6.45, 7) is 7.83. The predicted molar refractivity (Wildman–Crippen MR) is 78.6 cm³/mol. The molecule has 3 N–H and O–H groups in total. The van der Waals surface area contributed by atoms with Crippen molar-refractivity contribution in [3.05, 3.63) is 0 Å². The summed E-state index contributed by atoms with van der Waals surface area (Å²) in [6.07, 6.45) is 4.45. The first-order valence-corrected chi connectivity index (χ1v) is 7.52. The first-order valence-electron chi connectivity index (χ1n) is 7.52. The van der Waals surface area contributed by atoms with E-state index in [9.17, 15) is 9.59 Å². The van der Waals surface area contributed by atoms with Gasteiger partial charge in [0.05, 0.1) is 6.42 Å². The Morgan fingerprint density at radius 3 is 2.40 bits per heavy atom. The lowest BCUT2D eigenvalue weighted by Crippen LogP contribution is -2.54. The van der Waals surface area contributed by atoms with E-state index in [0.717, 1.165) is 19.3 Å². The first-order chi connectivity index (χ1) is 9.21. The van der Waals surface area contributed by atoms with Crippen LogP contribution in [0.25, 0.3) is 0 Å². The van der Waals surface area contributed by atoms with Crippen molar-refractivity contribution in [3.63, 3.8) is 0 Å². The number of amides is 2. The molecule has 1 aliphatic rings.